The van der Waals surface area contributed by atoms with E-state index in [1.54, 1.807) is 24.3 Å². The van der Waals surface area contributed by atoms with Gasteiger partial charge in [-0.1, -0.05) is 12.1 Å². The van der Waals surface area contributed by atoms with Crippen molar-refractivity contribution in [3.63, 3.8) is 0 Å². The highest BCUT2D eigenvalue weighted by Gasteiger charge is 2.15. The van der Waals surface area contributed by atoms with Crippen LogP contribution in [0.4, 0.5) is 5.69 Å². The Morgan fingerprint density at radius 3 is 2.55 bits per heavy atom. The predicted molar refractivity (Wildman–Crippen MR) is 76.9 cm³/mol. The predicted octanol–water partition coefficient (Wildman–Crippen LogP) is -0.715. The second-order valence-corrected chi connectivity index (χ2v) is 4.60. The molecule has 1 aromatic rings. The largest absolute Gasteiger partial charge is 0.492 e. The Bertz CT molecular complexity index is 461. The van der Waals surface area contributed by atoms with Crippen LogP contribution >= 0.6 is 0 Å². The van der Waals surface area contributed by atoms with Crippen molar-refractivity contribution in [1.82, 2.24) is 5.32 Å². The molecule has 3 N–H and O–H groups in total. The first-order valence-electron chi connectivity index (χ1n) is 6.64. The van der Waals surface area contributed by atoms with E-state index >= 15 is 0 Å². The molecular formula is C14H22N3O3+. The Labute approximate surface area is 119 Å². The number of amides is 2. The molecule has 0 unspecified atom stereocenters. The van der Waals surface area contributed by atoms with Gasteiger partial charge in [0.2, 0.25) is 0 Å². The van der Waals surface area contributed by atoms with Crippen molar-refractivity contribution >= 4 is 17.5 Å². The van der Waals surface area contributed by atoms with Crippen molar-refractivity contribution in [1.29, 1.82) is 0 Å². The van der Waals surface area contributed by atoms with Gasteiger partial charge in [-0.2, -0.15) is 0 Å². The minimum atomic E-state index is -0.689. The van der Waals surface area contributed by atoms with Crippen LogP contribution in [0.2, 0.25) is 0 Å². The summed E-state index contributed by atoms with van der Waals surface area (Å²) >= 11 is 0. The number of para-hydroxylation sites is 2. The number of hydrogen-bond donors (Lipinski definition) is 3. The number of carbonyl (C=O) groups excluding carboxylic acids is 2. The van der Waals surface area contributed by atoms with Crippen LogP contribution in [0.1, 0.15) is 6.92 Å². The molecule has 0 radical (unpaired) electrons. The molecule has 0 aliphatic carbocycles. The van der Waals surface area contributed by atoms with Crippen LogP contribution in [-0.2, 0) is 9.59 Å². The van der Waals surface area contributed by atoms with Crippen molar-refractivity contribution in [2.24, 2.45) is 0 Å². The van der Waals surface area contributed by atoms with E-state index in [1.165, 1.54) is 4.90 Å². The molecule has 6 heteroatoms. The third-order valence-corrected chi connectivity index (χ3v) is 2.55. The van der Waals surface area contributed by atoms with Gasteiger partial charge in [0.25, 0.3) is 0 Å². The molecule has 0 fully saturated rings. The van der Waals surface area contributed by atoms with Crippen LogP contribution in [0.3, 0.4) is 0 Å². The first-order valence-corrected chi connectivity index (χ1v) is 6.64. The van der Waals surface area contributed by atoms with E-state index in [0.717, 1.165) is 6.54 Å². The van der Waals surface area contributed by atoms with E-state index in [0.29, 0.717) is 24.6 Å². The highest BCUT2D eigenvalue weighted by Crippen LogP contribution is 2.23. The minimum absolute atomic E-state index is 0.460. The SMILES string of the molecule is CCOc1ccccc1NC(=O)C(=O)NCC[NH+](C)C. The smallest absolute Gasteiger partial charge is 0.313 e. The van der Waals surface area contributed by atoms with Gasteiger partial charge in [0.1, 0.15) is 5.75 Å². The van der Waals surface area contributed by atoms with Gasteiger partial charge in [-0.15, -0.1) is 0 Å². The maximum Gasteiger partial charge on any atom is 0.313 e. The third-order valence-electron chi connectivity index (χ3n) is 2.55. The Morgan fingerprint density at radius 2 is 1.90 bits per heavy atom. The summed E-state index contributed by atoms with van der Waals surface area (Å²) in [7, 11) is 3.95. The van der Waals surface area contributed by atoms with Crippen LogP contribution in [0.25, 0.3) is 0 Å². The van der Waals surface area contributed by atoms with Gasteiger partial charge in [0.15, 0.2) is 0 Å². The summed E-state index contributed by atoms with van der Waals surface area (Å²) < 4.78 is 5.38. The van der Waals surface area contributed by atoms with Crippen LogP contribution in [0.15, 0.2) is 24.3 Å². The molecule has 20 heavy (non-hydrogen) atoms. The number of likely N-dealkylation sites (N-methyl/N-ethyl adjacent to an activating group) is 1. The summed E-state index contributed by atoms with van der Waals surface area (Å²) in [4.78, 5) is 24.6. The zero-order valence-electron chi connectivity index (χ0n) is 12.2. The molecule has 0 aliphatic rings. The summed E-state index contributed by atoms with van der Waals surface area (Å²) in [5, 5.41) is 5.12. The zero-order valence-corrected chi connectivity index (χ0v) is 12.2. The van der Waals surface area contributed by atoms with E-state index in [2.05, 4.69) is 10.6 Å². The molecule has 0 saturated heterocycles. The highest BCUT2D eigenvalue weighted by atomic mass is 16.5. The lowest BCUT2D eigenvalue weighted by molar-refractivity contribution is -0.856. The molecule has 110 valence electrons. The number of hydrogen-bond acceptors (Lipinski definition) is 3. The van der Waals surface area contributed by atoms with Gasteiger partial charge in [-0.25, -0.2) is 0 Å². The summed E-state index contributed by atoms with van der Waals surface area (Å²) in [6, 6.07) is 7.01. The minimum Gasteiger partial charge on any atom is -0.492 e. The van der Waals surface area contributed by atoms with Crippen LogP contribution < -0.4 is 20.3 Å². The fourth-order valence-electron chi connectivity index (χ4n) is 1.54. The molecule has 0 spiro atoms. The number of carbonyl (C=O) groups is 2. The van der Waals surface area contributed by atoms with Crippen molar-refractivity contribution in [3.05, 3.63) is 24.3 Å². The summed E-state index contributed by atoms with van der Waals surface area (Å²) in [6.45, 7) is 3.57. The van der Waals surface area contributed by atoms with Gasteiger partial charge in [0, 0.05) is 0 Å². The number of quaternary nitrogens is 1. The van der Waals surface area contributed by atoms with Crippen molar-refractivity contribution < 1.29 is 19.2 Å². The molecule has 2 amide bonds. The average Bonchev–Trinajstić information content (AvgIpc) is 2.40. The maximum atomic E-state index is 11.8. The zero-order chi connectivity index (χ0) is 15.0. The number of rotatable bonds is 6. The molecule has 0 aromatic heterocycles. The molecule has 0 aliphatic heterocycles. The molecule has 1 aromatic carbocycles. The van der Waals surface area contributed by atoms with Gasteiger partial charge in [0.05, 0.1) is 39.5 Å². The quantitative estimate of drug-likeness (QED) is 0.603. The molecule has 0 bridgehead atoms. The van der Waals surface area contributed by atoms with E-state index in [9.17, 15) is 9.59 Å². The summed E-state index contributed by atoms with van der Waals surface area (Å²) in [5.41, 5.74) is 0.493. The van der Waals surface area contributed by atoms with E-state index in [4.69, 9.17) is 4.74 Å². The lowest BCUT2D eigenvalue weighted by Crippen LogP contribution is -3.06. The molecule has 0 saturated carbocycles. The standard InChI is InChI=1S/C14H21N3O3/c1-4-20-12-8-6-5-7-11(12)16-14(19)13(18)15-9-10-17(2)3/h5-8H,4,9-10H2,1-3H3,(H,15,18)(H,16,19)/p+1. The molecule has 0 atom stereocenters. The number of ether oxygens (including phenoxy) is 1. The fourth-order valence-corrected chi connectivity index (χ4v) is 1.54. The monoisotopic (exact) mass is 280 g/mol. The first-order chi connectivity index (χ1) is 9.54. The van der Waals surface area contributed by atoms with Crippen LogP contribution in [0.5, 0.6) is 5.75 Å². The van der Waals surface area contributed by atoms with Crippen molar-refractivity contribution in [2.75, 3.05) is 39.1 Å². The first kappa shape index (κ1) is 16.0. The average molecular weight is 280 g/mol. The van der Waals surface area contributed by atoms with Gasteiger partial charge < -0.3 is 20.3 Å². The summed E-state index contributed by atoms with van der Waals surface area (Å²) in [6.07, 6.45) is 0. The maximum absolute atomic E-state index is 11.8. The van der Waals surface area contributed by atoms with E-state index in [-0.39, 0.29) is 0 Å². The van der Waals surface area contributed by atoms with Crippen molar-refractivity contribution in [3.8, 4) is 5.75 Å². The second kappa shape index (κ2) is 8.16. The Morgan fingerprint density at radius 1 is 1.20 bits per heavy atom. The number of nitrogens with one attached hydrogen (secondary N) is 3. The van der Waals surface area contributed by atoms with Gasteiger partial charge in [-0.3, -0.25) is 9.59 Å². The highest BCUT2D eigenvalue weighted by molar-refractivity contribution is 6.39. The third kappa shape index (κ3) is 5.27. The topological polar surface area (TPSA) is 71.9 Å². The summed E-state index contributed by atoms with van der Waals surface area (Å²) in [5.74, 6) is -0.780. The van der Waals surface area contributed by atoms with Crippen LogP contribution in [0, 0.1) is 0 Å². The number of anilines is 1. The number of benzene rings is 1. The lowest BCUT2D eigenvalue weighted by Gasteiger charge is -2.11. The van der Waals surface area contributed by atoms with E-state index < -0.39 is 11.8 Å². The van der Waals surface area contributed by atoms with E-state index in [1.807, 2.05) is 21.0 Å². The Balaban J connectivity index is 2.55. The molecule has 0 heterocycles. The Kier molecular flexibility index (Phi) is 6.52. The second-order valence-electron chi connectivity index (χ2n) is 4.60. The normalized spacial score (nSPS) is 10.2. The molecule has 6 nitrogen and oxygen atoms in total. The van der Waals surface area contributed by atoms with Crippen LogP contribution in [-0.4, -0.2) is 45.6 Å². The molecular weight excluding hydrogens is 258 g/mol. The van der Waals surface area contributed by atoms with Gasteiger partial charge >= 0.3 is 11.8 Å². The van der Waals surface area contributed by atoms with Gasteiger partial charge in [-0.05, 0) is 19.1 Å². The fraction of sp³-hybridized carbons (Fsp3) is 0.429. The Hall–Kier alpha value is -2.08. The molecule has 1 rings (SSSR count). The lowest BCUT2D eigenvalue weighted by atomic mass is 10.3. The van der Waals surface area contributed by atoms with Crippen molar-refractivity contribution in [2.45, 2.75) is 6.92 Å².